The molecule has 38 heavy (non-hydrogen) atoms. The van der Waals surface area contributed by atoms with Crippen molar-refractivity contribution in [2.45, 2.75) is 31.6 Å². The van der Waals surface area contributed by atoms with Gasteiger partial charge in [0.1, 0.15) is 12.6 Å². The number of benzene rings is 2. The third-order valence-corrected chi connectivity index (χ3v) is 6.73. The number of ether oxygens (including phenoxy) is 1. The summed E-state index contributed by atoms with van der Waals surface area (Å²) in [6.07, 6.45) is -5.19. The number of nitrogens with zero attached hydrogens (tertiary/aromatic N) is 1. The van der Waals surface area contributed by atoms with Crippen LogP contribution in [0.5, 0.6) is 0 Å². The molecule has 1 aliphatic heterocycles. The highest BCUT2D eigenvalue weighted by molar-refractivity contribution is 6.31. The molecule has 1 fully saturated rings. The number of carbonyl (C=O) groups excluding carboxylic acids is 3. The average molecular weight is 557 g/mol. The molecule has 2 aromatic rings. The van der Waals surface area contributed by atoms with Crippen molar-refractivity contribution in [3.8, 4) is 0 Å². The summed E-state index contributed by atoms with van der Waals surface area (Å²) in [6.45, 7) is -0.476. The Morgan fingerprint density at radius 2 is 1.74 bits per heavy atom. The number of rotatable bonds is 8. The highest BCUT2D eigenvalue weighted by atomic mass is 35.5. The molecule has 1 saturated heterocycles. The molecule has 1 atom stereocenters. The number of likely N-dealkylation sites (tertiary alicyclic amines) is 1. The van der Waals surface area contributed by atoms with Crippen molar-refractivity contribution >= 4 is 35.2 Å². The Hall–Kier alpha value is -3.35. The zero-order chi connectivity index (χ0) is 27.9. The molecule has 0 aromatic heterocycles. The van der Waals surface area contributed by atoms with E-state index in [1.165, 1.54) is 4.90 Å². The fourth-order valence-electron chi connectivity index (χ4n) is 4.01. The molecule has 5 N–H and O–H groups in total. The minimum atomic E-state index is -4.51. The van der Waals surface area contributed by atoms with Crippen LogP contribution in [0.15, 0.2) is 48.5 Å². The summed E-state index contributed by atoms with van der Waals surface area (Å²) in [6, 6.07) is 9.70. The molecule has 0 saturated carbocycles. The summed E-state index contributed by atoms with van der Waals surface area (Å²) >= 11 is 6.17. The Kier molecular flexibility index (Phi) is 9.58. The van der Waals surface area contributed by atoms with E-state index in [9.17, 15) is 32.7 Å². The van der Waals surface area contributed by atoms with Gasteiger partial charge in [-0.15, -0.1) is 0 Å². The van der Waals surface area contributed by atoms with Gasteiger partial charge in [-0.05, 0) is 48.7 Å². The molecule has 3 amide bonds. The summed E-state index contributed by atoms with van der Waals surface area (Å²) in [4.78, 5) is 39.6. The first kappa shape index (κ1) is 29.2. The van der Waals surface area contributed by atoms with E-state index in [1.54, 1.807) is 24.3 Å². The van der Waals surface area contributed by atoms with Crippen LogP contribution in [0.4, 0.5) is 23.7 Å². The molecule has 0 bridgehead atoms. The summed E-state index contributed by atoms with van der Waals surface area (Å²) in [5.74, 6) is -0.878. The number of aliphatic hydroxyl groups is 1. The summed E-state index contributed by atoms with van der Waals surface area (Å²) < 4.78 is 43.6. The number of alkyl halides is 3. The summed E-state index contributed by atoms with van der Waals surface area (Å²) in [5.41, 5.74) is 4.33. The van der Waals surface area contributed by atoms with Gasteiger partial charge in [0, 0.05) is 30.3 Å². The van der Waals surface area contributed by atoms with Crippen LogP contribution < -0.4 is 16.4 Å². The maximum absolute atomic E-state index is 13.3. The van der Waals surface area contributed by atoms with Crippen LogP contribution in [0.3, 0.4) is 0 Å². The van der Waals surface area contributed by atoms with E-state index in [1.807, 2.05) is 0 Å². The number of nitrogens with two attached hydrogens (primary N) is 1. The molecule has 0 radical (unpaired) electrons. The Morgan fingerprint density at radius 3 is 2.32 bits per heavy atom. The van der Waals surface area contributed by atoms with Crippen molar-refractivity contribution in [2.24, 2.45) is 11.1 Å². The van der Waals surface area contributed by atoms with Gasteiger partial charge in [0.25, 0.3) is 0 Å². The Bertz CT molecular complexity index is 1140. The maximum atomic E-state index is 13.3. The van der Waals surface area contributed by atoms with Crippen LogP contribution >= 0.6 is 11.6 Å². The zero-order valence-corrected chi connectivity index (χ0v) is 21.0. The molecule has 13 heteroatoms. The second-order valence-corrected chi connectivity index (χ2v) is 9.35. The largest absolute Gasteiger partial charge is 0.448 e. The maximum Gasteiger partial charge on any atom is 0.416 e. The van der Waals surface area contributed by atoms with Crippen LogP contribution in [0.1, 0.15) is 24.0 Å². The van der Waals surface area contributed by atoms with Crippen molar-refractivity contribution in [1.82, 2.24) is 10.2 Å². The number of amides is 3. The van der Waals surface area contributed by atoms with Gasteiger partial charge in [-0.2, -0.15) is 13.2 Å². The monoisotopic (exact) mass is 556 g/mol. The number of nitrogens with one attached hydrogen (secondary N) is 2. The second-order valence-electron chi connectivity index (χ2n) is 8.95. The van der Waals surface area contributed by atoms with E-state index >= 15 is 0 Å². The van der Waals surface area contributed by atoms with Crippen molar-refractivity contribution in [3.63, 3.8) is 0 Å². The van der Waals surface area contributed by atoms with Gasteiger partial charge in [0.15, 0.2) is 0 Å². The first-order valence-electron chi connectivity index (χ1n) is 11.7. The second kappa shape index (κ2) is 12.5. The van der Waals surface area contributed by atoms with Gasteiger partial charge in [-0.1, -0.05) is 29.8 Å². The smallest absolute Gasteiger partial charge is 0.416 e. The third kappa shape index (κ3) is 7.36. The summed E-state index contributed by atoms with van der Waals surface area (Å²) in [5, 5.41) is 14.8. The molecule has 206 valence electrons. The molecule has 2 aromatic carbocycles. The fraction of sp³-hybridized carbons (Fsp3) is 0.400. The highest BCUT2D eigenvalue weighted by Crippen LogP contribution is 2.34. The normalized spacial score (nSPS) is 15.9. The van der Waals surface area contributed by atoms with Crippen molar-refractivity contribution < 1.29 is 37.4 Å². The lowest BCUT2D eigenvalue weighted by atomic mass is 9.78. The molecule has 1 aliphatic rings. The highest BCUT2D eigenvalue weighted by Gasteiger charge is 2.44. The van der Waals surface area contributed by atoms with Gasteiger partial charge in [0.05, 0.1) is 17.6 Å². The average Bonchev–Trinajstić information content (AvgIpc) is 2.90. The van der Waals surface area contributed by atoms with Gasteiger partial charge in [-0.25, -0.2) is 4.79 Å². The lowest BCUT2D eigenvalue weighted by molar-refractivity contribution is -0.144. The minimum absolute atomic E-state index is 0.0821. The molecule has 9 nitrogen and oxygen atoms in total. The van der Waals surface area contributed by atoms with Crippen LogP contribution in [0.2, 0.25) is 5.02 Å². The molecule has 1 heterocycles. The zero-order valence-electron chi connectivity index (χ0n) is 20.3. The predicted octanol–water partition coefficient (Wildman–Crippen LogP) is 3.15. The van der Waals surface area contributed by atoms with Crippen LogP contribution in [0, 0.1) is 5.41 Å². The van der Waals surface area contributed by atoms with Crippen LogP contribution in [-0.2, 0) is 27.0 Å². The topological polar surface area (TPSA) is 134 Å². The molecule has 3 rings (SSSR count). The molecule has 0 aliphatic carbocycles. The number of hydrogen-bond donors (Lipinski definition) is 4. The number of halogens is 4. The van der Waals surface area contributed by atoms with Gasteiger partial charge in [0.2, 0.25) is 11.8 Å². The van der Waals surface area contributed by atoms with Crippen molar-refractivity contribution in [1.29, 1.82) is 0 Å². The summed E-state index contributed by atoms with van der Waals surface area (Å²) in [7, 11) is 0. The Morgan fingerprint density at radius 1 is 1.11 bits per heavy atom. The van der Waals surface area contributed by atoms with Crippen molar-refractivity contribution in [2.75, 3.05) is 31.6 Å². The van der Waals surface area contributed by atoms with E-state index in [4.69, 9.17) is 22.1 Å². The molecular weight excluding hydrogens is 529 g/mol. The first-order valence-corrected chi connectivity index (χ1v) is 12.1. The number of anilines is 1. The quantitative estimate of drug-likeness (QED) is 0.395. The lowest BCUT2D eigenvalue weighted by Crippen LogP contribution is -2.55. The van der Waals surface area contributed by atoms with Crippen LogP contribution in [0.25, 0.3) is 0 Å². The first-order chi connectivity index (χ1) is 17.9. The predicted molar refractivity (Wildman–Crippen MR) is 133 cm³/mol. The minimum Gasteiger partial charge on any atom is -0.448 e. The van der Waals surface area contributed by atoms with E-state index in [0.717, 1.165) is 24.3 Å². The van der Waals surface area contributed by atoms with E-state index in [0.29, 0.717) is 10.6 Å². The number of piperidine rings is 1. The fourth-order valence-corrected chi connectivity index (χ4v) is 4.21. The van der Waals surface area contributed by atoms with E-state index in [-0.39, 0.29) is 44.8 Å². The Balaban J connectivity index is 1.68. The van der Waals surface area contributed by atoms with Crippen LogP contribution in [-0.4, -0.2) is 60.3 Å². The van der Waals surface area contributed by atoms with Gasteiger partial charge in [-0.3, -0.25) is 14.9 Å². The SMILES string of the molecule is NC(CO)C(=O)N1CCC(COC(=O)Nc2ccc(C(F)(F)F)cc2)(C(=O)NCc2ccccc2Cl)CC1. The number of carbonyl (C=O) groups is 3. The lowest BCUT2D eigenvalue weighted by Gasteiger charge is -2.40. The Labute approximate surface area is 222 Å². The third-order valence-electron chi connectivity index (χ3n) is 6.36. The molecule has 0 spiro atoms. The van der Waals surface area contributed by atoms with E-state index in [2.05, 4.69) is 10.6 Å². The van der Waals surface area contributed by atoms with E-state index < -0.39 is 47.7 Å². The standard InChI is InChI=1S/C25H28ClF3N4O5/c26-19-4-2-1-3-16(19)13-31-22(36)24(9-11-33(12-10-24)21(35)20(30)14-34)15-38-23(37)32-18-7-5-17(6-8-18)25(27,28)29/h1-8,20,34H,9-15,30H2,(H,31,36)(H,32,37). The van der Waals surface area contributed by atoms with Gasteiger partial charge < -0.3 is 25.8 Å². The number of hydrogen-bond acceptors (Lipinski definition) is 6. The molecule has 1 unspecified atom stereocenters. The molecular formula is C25H28ClF3N4O5. The van der Waals surface area contributed by atoms with Gasteiger partial charge >= 0.3 is 12.3 Å². The number of aliphatic hydroxyl groups excluding tert-OH is 1. The van der Waals surface area contributed by atoms with Crippen molar-refractivity contribution in [3.05, 3.63) is 64.7 Å².